The molecule has 1 aromatic heterocycles. The first-order valence-electron chi connectivity index (χ1n) is 5.47. The number of aryl methyl sites for hydroxylation is 1. The molecule has 84 valence electrons. The van der Waals surface area contributed by atoms with E-state index in [1.54, 1.807) is 0 Å². The summed E-state index contributed by atoms with van der Waals surface area (Å²) in [6.07, 6.45) is 1.86. The van der Waals surface area contributed by atoms with E-state index in [4.69, 9.17) is 0 Å². The van der Waals surface area contributed by atoms with Crippen LogP contribution in [0.3, 0.4) is 0 Å². The third-order valence-corrected chi connectivity index (χ3v) is 2.31. The molecule has 0 aliphatic heterocycles. The first-order chi connectivity index (χ1) is 6.62. The van der Waals surface area contributed by atoms with Gasteiger partial charge >= 0.3 is 0 Å². The van der Waals surface area contributed by atoms with E-state index in [0.29, 0.717) is 0 Å². The maximum Gasteiger partial charge on any atom is 0.0680 e. The van der Waals surface area contributed by atoms with Crippen LogP contribution in [0.4, 0.5) is 0 Å². The van der Waals surface area contributed by atoms with Gasteiger partial charge in [0.25, 0.3) is 0 Å². The summed E-state index contributed by atoms with van der Waals surface area (Å²) < 4.78 is 0. The van der Waals surface area contributed by atoms with Crippen LogP contribution in [0.5, 0.6) is 0 Å². The van der Waals surface area contributed by atoms with Gasteiger partial charge < -0.3 is 0 Å². The second-order valence-corrected chi connectivity index (χ2v) is 6.21. The molecular formula is C13H22N2. The predicted octanol–water partition coefficient (Wildman–Crippen LogP) is 3.38. The second-order valence-electron chi connectivity index (χ2n) is 6.21. The van der Waals surface area contributed by atoms with Crippen LogP contribution in [-0.2, 0) is 10.8 Å². The Kier molecular flexibility index (Phi) is 2.90. The van der Waals surface area contributed by atoms with Gasteiger partial charge in [-0.2, -0.15) is 0 Å². The number of rotatable bonds is 0. The van der Waals surface area contributed by atoms with E-state index >= 15 is 0 Å². The van der Waals surface area contributed by atoms with Gasteiger partial charge in [-0.1, -0.05) is 41.5 Å². The number of hydrogen-bond donors (Lipinski definition) is 0. The third kappa shape index (κ3) is 2.77. The van der Waals surface area contributed by atoms with Crippen LogP contribution < -0.4 is 0 Å². The van der Waals surface area contributed by atoms with Crippen molar-refractivity contribution in [3.05, 3.63) is 23.3 Å². The van der Waals surface area contributed by atoms with E-state index in [0.717, 1.165) is 17.1 Å². The van der Waals surface area contributed by atoms with Crippen molar-refractivity contribution in [3.8, 4) is 0 Å². The fourth-order valence-electron chi connectivity index (χ4n) is 1.55. The van der Waals surface area contributed by atoms with Gasteiger partial charge in [-0.3, -0.25) is 9.97 Å². The molecule has 1 aromatic rings. The van der Waals surface area contributed by atoms with Gasteiger partial charge in [-0.05, 0) is 6.92 Å². The van der Waals surface area contributed by atoms with Gasteiger partial charge in [0, 0.05) is 17.0 Å². The predicted molar refractivity (Wildman–Crippen MR) is 64.2 cm³/mol. The van der Waals surface area contributed by atoms with E-state index in [-0.39, 0.29) is 10.8 Å². The molecule has 0 fully saturated rings. The molecule has 0 bridgehead atoms. The normalized spacial score (nSPS) is 13.0. The molecular weight excluding hydrogens is 184 g/mol. The molecule has 0 radical (unpaired) electrons. The molecule has 0 saturated carbocycles. The average molecular weight is 206 g/mol. The van der Waals surface area contributed by atoms with Gasteiger partial charge in [0.15, 0.2) is 0 Å². The molecule has 0 aliphatic rings. The van der Waals surface area contributed by atoms with Crippen molar-refractivity contribution in [2.45, 2.75) is 59.3 Å². The fraction of sp³-hybridized carbons (Fsp3) is 0.692. The Morgan fingerprint density at radius 1 is 0.867 bits per heavy atom. The maximum atomic E-state index is 4.65. The largest absolute Gasteiger partial charge is 0.257 e. The summed E-state index contributed by atoms with van der Waals surface area (Å²) in [5.74, 6) is 0. The smallest absolute Gasteiger partial charge is 0.0680 e. The highest BCUT2D eigenvalue weighted by atomic mass is 14.8. The van der Waals surface area contributed by atoms with E-state index < -0.39 is 0 Å². The van der Waals surface area contributed by atoms with Crippen LogP contribution in [0.15, 0.2) is 6.20 Å². The van der Waals surface area contributed by atoms with Crippen LogP contribution in [0.2, 0.25) is 0 Å². The first-order valence-corrected chi connectivity index (χ1v) is 5.47. The molecule has 0 amide bonds. The third-order valence-electron chi connectivity index (χ3n) is 2.31. The van der Waals surface area contributed by atoms with Crippen molar-refractivity contribution < 1.29 is 0 Å². The van der Waals surface area contributed by atoms with E-state index in [2.05, 4.69) is 51.5 Å². The highest BCUT2D eigenvalue weighted by molar-refractivity contribution is 5.26. The van der Waals surface area contributed by atoms with Crippen molar-refractivity contribution >= 4 is 0 Å². The molecule has 0 aliphatic carbocycles. The topological polar surface area (TPSA) is 25.8 Å². The molecule has 1 heterocycles. The molecule has 1 rings (SSSR count). The van der Waals surface area contributed by atoms with Crippen molar-refractivity contribution in [1.29, 1.82) is 0 Å². The first kappa shape index (κ1) is 12.2. The summed E-state index contributed by atoms with van der Waals surface area (Å²) in [4.78, 5) is 9.20. The van der Waals surface area contributed by atoms with Crippen molar-refractivity contribution in [3.63, 3.8) is 0 Å². The maximum absolute atomic E-state index is 4.65. The zero-order chi connectivity index (χ0) is 11.9. The van der Waals surface area contributed by atoms with E-state index in [1.165, 1.54) is 0 Å². The summed E-state index contributed by atoms with van der Waals surface area (Å²) >= 11 is 0. The Hall–Kier alpha value is -0.920. The molecule has 0 saturated heterocycles. The minimum absolute atomic E-state index is 0.0572. The Labute approximate surface area is 93.2 Å². The van der Waals surface area contributed by atoms with Crippen molar-refractivity contribution in [2.75, 3.05) is 0 Å². The van der Waals surface area contributed by atoms with Crippen molar-refractivity contribution in [2.24, 2.45) is 0 Å². The van der Waals surface area contributed by atoms with E-state index in [1.807, 2.05) is 13.1 Å². The minimum Gasteiger partial charge on any atom is -0.257 e. The molecule has 2 heteroatoms. The van der Waals surface area contributed by atoms with Crippen LogP contribution in [-0.4, -0.2) is 9.97 Å². The van der Waals surface area contributed by atoms with Gasteiger partial charge in [-0.25, -0.2) is 0 Å². The number of aromatic nitrogens is 2. The van der Waals surface area contributed by atoms with Gasteiger partial charge in [0.05, 0.1) is 17.1 Å². The number of nitrogens with zero attached hydrogens (tertiary/aromatic N) is 2. The second kappa shape index (κ2) is 3.58. The Bertz CT molecular complexity index is 354. The Morgan fingerprint density at radius 2 is 1.33 bits per heavy atom. The summed E-state index contributed by atoms with van der Waals surface area (Å²) in [5.41, 5.74) is 3.34. The summed E-state index contributed by atoms with van der Waals surface area (Å²) in [7, 11) is 0. The molecule has 15 heavy (non-hydrogen) atoms. The molecule has 0 aromatic carbocycles. The van der Waals surface area contributed by atoms with Gasteiger partial charge in [0.1, 0.15) is 0 Å². The standard InChI is InChI=1S/C13H22N2/c1-9-8-14-10(12(2,3)4)11(15-9)13(5,6)7/h8H,1-7H3. The molecule has 0 N–H and O–H groups in total. The van der Waals surface area contributed by atoms with Gasteiger partial charge in [-0.15, -0.1) is 0 Å². The molecule has 0 atom stereocenters. The average Bonchev–Trinajstić information content (AvgIpc) is 2.00. The molecule has 0 spiro atoms. The van der Waals surface area contributed by atoms with Gasteiger partial charge in [0.2, 0.25) is 0 Å². The highest BCUT2D eigenvalue weighted by Crippen LogP contribution is 2.30. The zero-order valence-electron chi connectivity index (χ0n) is 11.0. The van der Waals surface area contributed by atoms with Crippen LogP contribution in [0.25, 0.3) is 0 Å². The van der Waals surface area contributed by atoms with Crippen LogP contribution in [0.1, 0.15) is 58.6 Å². The quantitative estimate of drug-likeness (QED) is 0.650. The molecule has 0 unspecified atom stereocenters. The monoisotopic (exact) mass is 206 g/mol. The SMILES string of the molecule is Cc1cnc(C(C)(C)C)c(C(C)(C)C)n1. The van der Waals surface area contributed by atoms with Crippen LogP contribution in [0, 0.1) is 6.92 Å². The lowest BCUT2D eigenvalue weighted by Gasteiger charge is -2.27. The van der Waals surface area contributed by atoms with Crippen LogP contribution >= 0.6 is 0 Å². The lowest BCUT2D eigenvalue weighted by atomic mass is 9.81. The Balaban J connectivity index is 3.41. The minimum atomic E-state index is 0.0572. The summed E-state index contributed by atoms with van der Waals surface area (Å²) in [6, 6.07) is 0. The number of hydrogen-bond acceptors (Lipinski definition) is 2. The Morgan fingerprint density at radius 3 is 1.73 bits per heavy atom. The van der Waals surface area contributed by atoms with E-state index in [9.17, 15) is 0 Å². The zero-order valence-corrected chi connectivity index (χ0v) is 11.0. The highest BCUT2D eigenvalue weighted by Gasteiger charge is 2.27. The molecule has 2 nitrogen and oxygen atoms in total. The lowest BCUT2D eigenvalue weighted by molar-refractivity contribution is 0.496. The summed E-state index contributed by atoms with van der Waals surface area (Å²) in [6.45, 7) is 15.1. The lowest BCUT2D eigenvalue weighted by Crippen LogP contribution is -2.25. The fourth-order valence-corrected chi connectivity index (χ4v) is 1.55. The van der Waals surface area contributed by atoms with Crippen molar-refractivity contribution in [1.82, 2.24) is 9.97 Å². The summed E-state index contributed by atoms with van der Waals surface area (Å²) in [5, 5.41) is 0.